The minimum atomic E-state index is -0.792. The van der Waals surface area contributed by atoms with Gasteiger partial charge >= 0.3 is 17.9 Å². The van der Waals surface area contributed by atoms with Crippen molar-refractivity contribution in [2.75, 3.05) is 13.2 Å². The molecule has 0 rings (SSSR count). The second-order valence-corrected chi connectivity index (χ2v) is 23.8. The van der Waals surface area contributed by atoms with Crippen LogP contribution in [0.1, 0.15) is 367 Å². The van der Waals surface area contributed by atoms with Gasteiger partial charge in [0.2, 0.25) is 0 Å². The van der Waals surface area contributed by atoms with Gasteiger partial charge in [0.1, 0.15) is 13.2 Å². The van der Waals surface area contributed by atoms with Crippen LogP contribution in [-0.4, -0.2) is 37.2 Å². The van der Waals surface area contributed by atoms with Gasteiger partial charge in [-0.05, 0) is 109 Å². The molecule has 1 unspecified atom stereocenters. The molecule has 0 bridgehead atoms. The van der Waals surface area contributed by atoms with E-state index >= 15 is 0 Å². The van der Waals surface area contributed by atoms with Gasteiger partial charge in [-0.3, -0.25) is 14.4 Å². The monoisotopic (exact) mass is 1130 g/mol. The summed E-state index contributed by atoms with van der Waals surface area (Å²) in [6, 6.07) is 0. The van der Waals surface area contributed by atoms with E-state index in [2.05, 4.69) is 93.7 Å². The maximum Gasteiger partial charge on any atom is 0.306 e. The van der Waals surface area contributed by atoms with Crippen LogP contribution in [0.4, 0.5) is 0 Å². The van der Waals surface area contributed by atoms with Crippen molar-refractivity contribution in [2.45, 2.75) is 374 Å². The summed E-state index contributed by atoms with van der Waals surface area (Å²) >= 11 is 0. The summed E-state index contributed by atoms with van der Waals surface area (Å²) in [5.41, 5.74) is 0. The first-order valence-corrected chi connectivity index (χ1v) is 35.4. The first-order chi connectivity index (χ1) is 40.0. The van der Waals surface area contributed by atoms with Gasteiger partial charge in [0.15, 0.2) is 6.10 Å². The Balaban J connectivity index is 4.21. The first-order valence-electron chi connectivity index (χ1n) is 35.4. The smallest absolute Gasteiger partial charge is 0.306 e. The molecule has 81 heavy (non-hydrogen) atoms. The van der Waals surface area contributed by atoms with Crippen LogP contribution in [0.2, 0.25) is 0 Å². The molecule has 470 valence electrons. The van der Waals surface area contributed by atoms with Crippen LogP contribution in [0.15, 0.2) is 72.9 Å². The standard InChI is InChI=1S/C75H134O6/c1-4-7-10-13-16-19-22-25-28-30-31-32-33-34-35-36-37-38-39-40-41-42-43-45-47-50-53-56-59-62-65-68-74(77)80-71-72(70-79-73(76)67-64-61-58-55-52-49-46-27-24-21-18-15-12-9-6-3)81-75(78)69-66-63-60-57-54-51-48-44-29-26-23-20-17-14-11-8-5-2/h8,11,17,20,26-27,29-31,46,48,51,72H,4-7,9-10,12-16,18-19,21-25,28,32-45,47,49-50,52-71H2,1-3H3/b11-8-,20-17-,29-26-,31-30-,46-27-,51-48-. The Bertz CT molecular complexity index is 1490. The Morgan fingerprint density at radius 3 is 0.765 bits per heavy atom. The van der Waals surface area contributed by atoms with Crippen LogP contribution in [0.3, 0.4) is 0 Å². The second-order valence-electron chi connectivity index (χ2n) is 23.8. The van der Waals surface area contributed by atoms with Crippen LogP contribution in [0, 0.1) is 0 Å². The summed E-state index contributed by atoms with van der Waals surface area (Å²) in [4.78, 5) is 38.4. The summed E-state index contributed by atoms with van der Waals surface area (Å²) in [6.07, 6.45) is 90.9. The van der Waals surface area contributed by atoms with E-state index in [1.807, 2.05) is 0 Å². The topological polar surface area (TPSA) is 78.9 Å². The molecule has 0 saturated carbocycles. The van der Waals surface area contributed by atoms with Crippen LogP contribution >= 0.6 is 0 Å². The predicted molar refractivity (Wildman–Crippen MR) is 353 cm³/mol. The Morgan fingerprint density at radius 2 is 0.481 bits per heavy atom. The SMILES string of the molecule is CC/C=C\C/C=C\C/C=C\C/C=C\CCCCCCC(=O)OC(COC(=O)CCCCCCC/C=C\CCCCCCCC)COC(=O)CCCCCCCCCCCCCCCCCCCCC/C=C\CCCCCCCCCC. The lowest BCUT2D eigenvalue weighted by Gasteiger charge is -2.18. The fourth-order valence-corrected chi connectivity index (χ4v) is 10.4. The van der Waals surface area contributed by atoms with Crippen molar-refractivity contribution in [1.82, 2.24) is 0 Å². The molecule has 0 N–H and O–H groups in total. The van der Waals surface area contributed by atoms with Crippen LogP contribution in [0.25, 0.3) is 0 Å². The van der Waals surface area contributed by atoms with E-state index in [4.69, 9.17) is 14.2 Å². The van der Waals surface area contributed by atoms with E-state index in [1.54, 1.807) is 0 Å². The zero-order valence-electron chi connectivity index (χ0n) is 54.1. The van der Waals surface area contributed by atoms with Gasteiger partial charge in [-0.25, -0.2) is 0 Å². The lowest BCUT2D eigenvalue weighted by molar-refractivity contribution is -0.167. The summed E-state index contributed by atoms with van der Waals surface area (Å²) in [5.74, 6) is -0.899. The van der Waals surface area contributed by atoms with Crippen molar-refractivity contribution in [3.63, 3.8) is 0 Å². The third-order valence-electron chi connectivity index (χ3n) is 15.7. The van der Waals surface area contributed by atoms with E-state index in [9.17, 15) is 14.4 Å². The lowest BCUT2D eigenvalue weighted by Crippen LogP contribution is -2.30. The molecule has 6 nitrogen and oxygen atoms in total. The van der Waals surface area contributed by atoms with E-state index in [-0.39, 0.29) is 31.1 Å². The predicted octanol–water partition coefficient (Wildman–Crippen LogP) is 24.4. The van der Waals surface area contributed by atoms with E-state index in [1.165, 1.54) is 225 Å². The number of esters is 3. The summed E-state index contributed by atoms with van der Waals surface area (Å²) in [7, 11) is 0. The Hall–Kier alpha value is -3.15. The average molecular weight is 1130 g/mol. The van der Waals surface area contributed by atoms with Crippen molar-refractivity contribution in [1.29, 1.82) is 0 Å². The largest absolute Gasteiger partial charge is 0.462 e. The van der Waals surface area contributed by atoms with Crippen LogP contribution in [0.5, 0.6) is 0 Å². The molecular formula is C75H134O6. The number of unbranched alkanes of at least 4 members (excludes halogenated alkanes) is 42. The van der Waals surface area contributed by atoms with Gasteiger partial charge in [-0.1, -0.05) is 312 Å². The van der Waals surface area contributed by atoms with Crippen molar-refractivity contribution in [3.05, 3.63) is 72.9 Å². The minimum absolute atomic E-state index is 0.0851. The fourth-order valence-electron chi connectivity index (χ4n) is 10.4. The Kier molecular flexibility index (Phi) is 66.6. The van der Waals surface area contributed by atoms with E-state index in [0.29, 0.717) is 19.3 Å². The highest BCUT2D eigenvalue weighted by atomic mass is 16.6. The van der Waals surface area contributed by atoms with Crippen LogP contribution < -0.4 is 0 Å². The number of hydrogen-bond donors (Lipinski definition) is 0. The number of allylic oxidation sites excluding steroid dienone is 12. The molecule has 0 fully saturated rings. The van der Waals surface area contributed by atoms with E-state index in [0.717, 1.165) is 103 Å². The molecule has 0 aromatic rings. The molecule has 0 spiro atoms. The zero-order valence-corrected chi connectivity index (χ0v) is 54.1. The molecule has 0 aliphatic heterocycles. The second kappa shape index (κ2) is 69.3. The van der Waals surface area contributed by atoms with Gasteiger partial charge in [0.05, 0.1) is 0 Å². The Morgan fingerprint density at radius 1 is 0.259 bits per heavy atom. The molecule has 0 aromatic carbocycles. The average Bonchev–Trinajstić information content (AvgIpc) is 3.47. The van der Waals surface area contributed by atoms with Gasteiger partial charge in [-0.2, -0.15) is 0 Å². The molecule has 0 heterocycles. The molecule has 0 aliphatic rings. The highest BCUT2D eigenvalue weighted by molar-refractivity contribution is 5.71. The molecule has 6 heteroatoms. The number of carbonyl (C=O) groups is 3. The number of ether oxygens (including phenoxy) is 3. The van der Waals surface area contributed by atoms with Gasteiger partial charge in [-0.15, -0.1) is 0 Å². The summed E-state index contributed by atoms with van der Waals surface area (Å²) in [5, 5.41) is 0. The van der Waals surface area contributed by atoms with Crippen molar-refractivity contribution in [2.24, 2.45) is 0 Å². The lowest BCUT2D eigenvalue weighted by atomic mass is 10.0. The fraction of sp³-hybridized carbons (Fsp3) is 0.800. The number of rotatable bonds is 65. The molecule has 0 amide bonds. The number of carbonyl (C=O) groups excluding carboxylic acids is 3. The molecule has 0 aliphatic carbocycles. The van der Waals surface area contributed by atoms with Crippen molar-refractivity contribution < 1.29 is 28.6 Å². The first kappa shape index (κ1) is 77.9. The van der Waals surface area contributed by atoms with Gasteiger partial charge in [0.25, 0.3) is 0 Å². The maximum absolute atomic E-state index is 12.9. The Labute approximate surface area is 503 Å². The molecule has 1 atom stereocenters. The minimum Gasteiger partial charge on any atom is -0.462 e. The zero-order chi connectivity index (χ0) is 58.5. The van der Waals surface area contributed by atoms with E-state index < -0.39 is 6.10 Å². The van der Waals surface area contributed by atoms with Gasteiger partial charge < -0.3 is 14.2 Å². The highest BCUT2D eigenvalue weighted by Crippen LogP contribution is 2.18. The van der Waals surface area contributed by atoms with Gasteiger partial charge in [0, 0.05) is 19.3 Å². The molecule has 0 radical (unpaired) electrons. The third kappa shape index (κ3) is 67.5. The number of hydrogen-bond acceptors (Lipinski definition) is 6. The van der Waals surface area contributed by atoms with Crippen molar-refractivity contribution >= 4 is 17.9 Å². The van der Waals surface area contributed by atoms with Crippen LogP contribution in [-0.2, 0) is 28.6 Å². The van der Waals surface area contributed by atoms with Crippen molar-refractivity contribution in [3.8, 4) is 0 Å². The summed E-state index contributed by atoms with van der Waals surface area (Å²) in [6.45, 7) is 6.54. The maximum atomic E-state index is 12.9. The highest BCUT2D eigenvalue weighted by Gasteiger charge is 2.19. The normalized spacial score (nSPS) is 12.5. The molecule has 0 aromatic heterocycles. The third-order valence-corrected chi connectivity index (χ3v) is 15.7. The summed E-state index contributed by atoms with van der Waals surface area (Å²) < 4.78 is 16.9. The molecule has 0 saturated heterocycles. The molecular weight excluding hydrogens is 997 g/mol. The quantitative estimate of drug-likeness (QED) is 0.0261.